The number of amides is 1. The Balaban J connectivity index is 2.79. The molecular weight excluding hydrogens is 566 g/mol. The zero-order chi connectivity index (χ0) is 31.6. The van der Waals surface area contributed by atoms with Crippen LogP contribution in [0.2, 0.25) is 36.3 Å². The maximum atomic E-state index is 13.2. The van der Waals surface area contributed by atoms with Gasteiger partial charge < -0.3 is 38.2 Å². The third kappa shape index (κ3) is 8.39. The second kappa shape index (κ2) is 13.1. The summed E-state index contributed by atoms with van der Waals surface area (Å²) in [5, 5.41) is 13.5. The van der Waals surface area contributed by atoms with E-state index in [9.17, 15) is 19.5 Å². The molecule has 2 heterocycles. The predicted molar refractivity (Wildman–Crippen MR) is 158 cm³/mol. The zero-order valence-corrected chi connectivity index (χ0v) is 29.0. The predicted octanol–water partition coefficient (Wildman–Crippen LogP) is 4.56. The van der Waals surface area contributed by atoms with Gasteiger partial charge >= 0.3 is 11.9 Å². The standard InChI is InChI=1S/C28H53NO10Si2/c1-13-41(14-2,15-3)39-28(25(32)33)16-20(38-40(11,12)26(6,7)8)22(29-18(4)30)24(37-28)23(35-19(5)31)21-17-34-27(9,10)36-21/h20-24H,13-17H2,1-12H3,(H,29,30)(H,32,33)/t20-,21+,22+,23+,24+,28+/m0/s1. The van der Waals surface area contributed by atoms with Gasteiger partial charge in [0.25, 0.3) is 5.79 Å². The summed E-state index contributed by atoms with van der Waals surface area (Å²) in [7, 11) is -5.10. The molecule has 41 heavy (non-hydrogen) atoms. The summed E-state index contributed by atoms with van der Waals surface area (Å²) in [6.07, 6.45) is -4.06. The minimum atomic E-state index is -2.57. The molecule has 2 aliphatic heterocycles. The van der Waals surface area contributed by atoms with Crippen LogP contribution in [0, 0.1) is 0 Å². The molecule has 0 aromatic carbocycles. The maximum Gasteiger partial charge on any atom is 0.363 e. The third-order valence-corrected chi connectivity index (χ3v) is 18.0. The number of carbonyl (C=O) groups is 3. The molecule has 2 N–H and O–H groups in total. The Morgan fingerprint density at radius 3 is 2.00 bits per heavy atom. The van der Waals surface area contributed by atoms with Crippen LogP contribution < -0.4 is 5.32 Å². The highest BCUT2D eigenvalue weighted by Gasteiger charge is 2.61. The van der Waals surface area contributed by atoms with Crippen LogP contribution in [0.15, 0.2) is 0 Å². The fourth-order valence-electron chi connectivity index (χ4n) is 5.28. The largest absolute Gasteiger partial charge is 0.477 e. The zero-order valence-electron chi connectivity index (χ0n) is 27.0. The Labute approximate surface area is 247 Å². The molecule has 238 valence electrons. The van der Waals surface area contributed by atoms with Gasteiger partial charge in [-0.1, -0.05) is 41.5 Å². The summed E-state index contributed by atoms with van der Waals surface area (Å²) < 4.78 is 37.7. The molecule has 0 saturated carbocycles. The molecule has 0 spiro atoms. The van der Waals surface area contributed by atoms with Crippen molar-refractivity contribution in [2.45, 2.75) is 154 Å². The number of rotatable bonds is 12. The summed E-state index contributed by atoms with van der Waals surface area (Å²) in [5.74, 6) is -5.31. The van der Waals surface area contributed by atoms with Gasteiger partial charge in [-0.2, -0.15) is 0 Å². The van der Waals surface area contributed by atoms with Crippen LogP contribution in [0.5, 0.6) is 0 Å². The SMILES string of the molecule is CC[Si](CC)(CC)O[C@@]1(C(=O)O)C[C@H](O[Si](C)(C)C(C)(C)C)[C@@H](NC(C)=O)[C@H]([C@H](OC(C)=O)[C@H]2COC(C)(C)O2)O1. The first-order valence-corrected chi connectivity index (χ1v) is 20.2. The van der Waals surface area contributed by atoms with Crippen molar-refractivity contribution in [3.05, 3.63) is 0 Å². The fourth-order valence-corrected chi connectivity index (χ4v) is 9.47. The van der Waals surface area contributed by atoms with Crippen molar-refractivity contribution in [3.8, 4) is 0 Å². The average Bonchev–Trinajstić information content (AvgIpc) is 3.20. The number of nitrogens with one attached hydrogen (secondary N) is 1. The third-order valence-electron chi connectivity index (χ3n) is 8.84. The van der Waals surface area contributed by atoms with Crippen LogP contribution in [0.4, 0.5) is 0 Å². The number of carbonyl (C=O) groups excluding carboxylic acids is 2. The normalized spacial score (nSPS) is 29.6. The molecule has 6 atom stereocenters. The van der Waals surface area contributed by atoms with E-state index in [4.69, 9.17) is 27.8 Å². The van der Waals surface area contributed by atoms with Gasteiger partial charge in [0.2, 0.25) is 5.91 Å². The summed E-state index contributed by atoms with van der Waals surface area (Å²) >= 11 is 0. The molecule has 0 aliphatic carbocycles. The van der Waals surface area contributed by atoms with E-state index >= 15 is 0 Å². The lowest BCUT2D eigenvalue weighted by Crippen LogP contribution is -2.71. The first kappa shape index (κ1) is 35.8. The molecule has 0 bridgehead atoms. The minimum absolute atomic E-state index is 0.0733. The lowest BCUT2D eigenvalue weighted by molar-refractivity contribution is -0.289. The Kier molecular flexibility index (Phi) is 11.5. The molecule has 2 fully saturated rings. The topological polar surface area (TPSA) is 139 Å². The van der Waals surface area contributed by atoms with Gasteiger partial charge in [-0.15, -0.1) is 0 Å². The van der Waals surface area contributed by atoms with Crippen molar-refractivity contribution in [3.63, 3.8) is 0 Å². The number of aliphatic carboxylic acids is 1. The Hall–Kier alpha value is -1.36. The highest BCUT2D eigenvalue weighted by Crippen LogP contribution is 2.44. The van der Waals surface area contributed by atoms with Gasteiger partial charge in [0, 0.05) is 20.3 Å². The van der Waals surface area contributed by atoms with Crippen molar-refractivity contribution in [2.75, 3.05) is 6.61 Å². The number of carboxylic acids is 1. The van der Waals surface area contributed by atoms with Gasteiger partial charge in [-0.3, -0.25) is 9.59 Å². The second-order valence-electron chi connectivity index (χ2n) is 13.3. The Bertz CT molecular complexity index is 940. The number of hydrogen-bond donors (Lipinski definition) is 2. The molecule has 0 unspecified atom stereocenters. The number of ether oxygens (including phenoxy) is 4. The van der Waals surface area contributed by atoms with E-state index < -0.39 is 70.6 Å². The summed E-state index contributed by atoms with van der Waals surface area (Å²) in [5.41, 5.74) is 0. The number of esters is 1. The molecule has 2 rings (SSSR count). The van der Waals surface area contributed by atoms with E-state index in [1.807, 2.05) is 20.8 Å². The summed E-state index contributed by atoms with van der Waals surface area (Å²) in [6.45, 7) is 22.6. The van der Waals surface area contributed by atoms with Gasteiger partial charge in [0.05, 0.1) is 18.8 Å². The molecule has 0 aromatic heterocycles. The molecule has 1 amide bonds. The summed E-state index contributed by atoms with van der Waals surface area (Å²) in [6, 6.07) is 1.20. The fraction of sp³-hybridized carbons (Fsp3) is 0.893. The van der Waals surface area contributed by atoms with Crippen molar-refractivity contribution < 1.29 is 47.3 Å². The number of hydrogen-bond acceptors (Lipinski definition) is 9. The Morgan fingerprint density at radius 1 is 1.05 bits per heavy atom. The number of carboxylic acid groups (broad SMARTS) is 1. The van der Waals surface area contributed by atoms with Crippen LogP contribution in [0.25, 0.3) is 0 Å². The van der Waals surface area contributed by atoms with E-state index in [1.165, 1.54) is 13.8 Å². The van der Waals surface area contributed by atoms with E-state index in [2.05, 4.69) is 39.2 Å². The van der Waals surface area contributed by atoms with E-state index in [0.717, 1.165) is 0 Å². The van der Waals surface area contributed by atoms with Crippen molar-refractivity contribution in [1.29, 1.82) is 0 Å². The lowest BCUT2D eigenvalue weighted by Gasteiger charge is -2.53. The van der Waals surface area contributed by atoms with Crippen molar-refractivity contribution in [2.24, 2.45) is 0 Å². The van der Waals surface area contributed by atoms with Gasteiger partial charge in [-0.05, 0) is 50.1 Å². The molecule has 0 aromatic rings. The smallest absolute Gasteiger partial charge is 0.363 e. The molecule has 2 aliphatic rings. The second-order valence-corrected chi connectivity index (χ2v) is 22.7. The van der Waals surface area contributed by atoms with Gasteiger partial charge in [0.15, 0.2) is 28.5 Å². The Morgan fingerprint density at radius 2 is 1.61 bits per heavy atom. The van der Waals surface area contributed by atoms with E-state index in [1.54, 1.807) is 13.8 Å². The monoisotopic (exact) mass is 619 g/mol. The molecular formula is C28H53NO10Si2. The van der Waals surface area contributed by atoms with Crippen LogP contribution >= 0.6 is 0 Å². The van der Waals surface area contributed by atoms with Crippen LogP contribution in [0.1, 0.15) is 75.7 Å². The van der Waals surface area contributed by atoms with Crippen LogP contribution in [-0.2, 0) is 42.2 Å². The molecule has 11 nitrogen and oxygen atoms in total. The first-order chi connectivity index (χ1) is 18.7. The van der Waals surface area contributed by atoms with Gasteiger partial charge in [0.1, 0.15) is 12.2 Å². The summed E-state index contributed by atoms with van der Waals surface area (Å²) in [4.78, 5) is 38.2. The van der Waals surface area contributed by atoms with Crippen LogP contribution in [0.3, 0.4) is 0 Å². The van der Waals surface area contributed by atoms with Crippen molar-refractivity contribution in [1.82, 2.24) is 5.32 Å². The van der Waals surface area contributed by atoms with Crippen molar-refractivity contribution >= 4 is 34.5 Å². The lowest BCUT2D eigenvalue weighted by atomic mass is 9.88. The van der Waals surface area contributed by atoms with Crippen LogP contribution in [-0.4, -0.2) is 88.2 Å². The van der Waals surface area contributed by atoms with E-state index in [-0.39, 0.29) is 24.0 Å². The molecule has 13 heteroatoms. The molecule has 0 radical (unpaired) electrons. The molecule has 2 saturated heterocycles. The van der Waals surface area contributed by atoms with Gasteiger partial charge in [-0.25, -0.2) is 4.79 Å². The quantitative estimate of drug-likeness (QED) is 0.236. The highest BCUT2D eigenvalue weighted by molar-refractivity contribution is 6.74. The minimum Gasteiger partial charge on any atom is -0.477 e. The first-order valence-electron chi connectivity index (χ1n) is 14.7. The maximum absolute atomic E-state index is 13.2. The highest BCUT2D eigenvalue weighted by atomic mass is 28.4. The average molecular weight is 620 g/mol. The van der Waals surface area contributed by atoms with E-state index in [0.29, 0.717) is 18.1 Å².